The third-order valence-corrected chi connectivity index (χ3v) is 2.00. The predicted molar refractivity (Wildman–Crippen MR) is 46.4 cm³/mol. The molecule has 0 saturated heterocycles. The van der Waals surface area contributed by atoms with Crippen molar-refractivity contribution in [2.24, 2.45) is 0 Å². The number of aromatic amines is 1. The van der Waals surface area contributed by atoms with Crippen LogP contribution in [0.5, 0.6) is 0 Å². The lowest BCUT2D eigenvalue weighted by Gasteiger charge is -2.00. The van der Waals surface area contributed by atoms with E-state index in [0.717, 1.165) is 6.07 Å². The summed E-state index contributed by atoms with van der Waals surface area (Å²) in [5, 5.41) is 10.3. The molecular formula is C6H3BrF2N2O3. The molecule has 1 N–H and O–H groups in total. The molecular weight excluding hydrogens is 266 g/mol. The highest BCUT2D eigenvalue weighted by atomic mass is 79.9. The zero-order valence-corrected chi connectivity index (χ0v) is 8.05. The van der Waals surface area contributed by atoms with E-state index in [1.54, 1.807) is 4.98 Å². The molecule has 0 bridgehead atoms. The van der Waals surface area contributed by atoms with E-state index in [4.69, 9.17) is 0 Å². The fourth-order valence-corrected chi connectivity index (χ4v) is 1.40. The second-order valence-electron chi connectivity index (χ2n) is 2.31. The smallest absolute Gasteiger partial charge is 0.315 e. The molecule has 0 fully saturated rings. The summed E-state index contributed by atoms with van der Waals surface area (Å²) in [7, 11) is 0. The average molecular weight is 269 g/mol. The number of nitrogens with one attached hydrogen (secondary N) is 1. The van der Waals surface area contributed by atoms with Crippen LogP contribution in [0, 0.1) is 10.1 Å². The molecule has 14 heavy (non-hydrogen) atoms. The first-order valence-corrected chi connectivity index (χ1v) is 4.08. The van der Waals surface area contributed by atoms with Gasteiger partial charge in [-0.05, 0) is 22.0 Å². The number of aromatic nitrogens is 1. The number of alkyl halides is 2. The number of halogens is 3. The third-order valence-electron chi connectivity index (χ3n) is 1.40. The number of nitrogens with zero attached hydrogens (tertiary/aromatic N) is 1. The van der Waals surface area contributed by atoms with Gasteiger partial charge in [0, 0.05) is 0 Å². The van der Waals surface area contributed by atoms with Gasteiger partial charge in [0.05, 0.1) is 10.6 Å². The molecule has 8 heteroatoms. The van der Waals surface area contributed by atoms with Crippen LogP contribution in [0.4, 0.5) is 14.5 Å². The highest BCUT2D eigenvalue weighted by Gasteiger charge is 2.21. The van der Waals surface area contributed by atoms with Crippen molar-refractivity contribution >= 4 is 21.6 Å². The van der Waals surface area contributed by atoms with Crippen molar-refractivity contribution in [2.45, 2.75) is 6.43 Å². The Bertz CT molecular complexity index is 432. The number of hydrogen-bond donors (Lipinski definition) is 1. The van der Waals surface area contributed by atoms with Crippen LogP contribution in [0.1, 0.15) is 12.1 Å². The zero-order valence-electron chi connectivity index (χ0n) is 6.46. The van der Waals surface area contributed by atoms with E-state index >= 15 is 0 Å². The van der Waals surface area contributed by atoms with Crippen LogP contribution in [0.15, 0.2) is 15.3 Å². The number of H-pyrrole nitrogens is 1. The summed E-state index contributed by atoms with van der Waals surface area (Å²) in [6.45, 7) is 0. The van der Waals surface area contributed by atoms with Crippen LogP contribution >= 0.6 is 15.9 Å². The van der Waals surface area contributed by atoms with Crippen LogP contribution in [-0.2, 0) is 0 Å². The highest BCUT2D eigenvalue weighted by Crippen LogP contribution is 2.24. The van der Waals surface area contributed by atoms with Gasteiger partial charge in [0.15, 0.2) is 0 Å². The number of pyridine rings is 1. The molecule has 76 valence electrons. The third kappa shape index (κ3) is 1.95. The molecule has 5 nitrogen and oxygen atoms in total. The van der Waals surface area contributed by atoms with Gasteiger partial charge in [-0.3, -0.25) is 14.9 Å². The summed E-state index contributed by atoms with van der Waals surface area (Å²) in [6.07, 6.45) is -2.88. The first kappa shape index (κ1) is 10.8. The minimum absolute atomic E-state index is 0.262. The van der Waals surface area contributed by atoms with Crippen LogP contribution in [-0.4, -0.2) is 9.91 Å². The molecule has 1 rings (SSSR count). The van der Waals surface area contributed by atoms with Crippen LogP contribution in [0.3, 0.4) is 0 Å². The lowest BCUT2D eigenvalue weighted by Crippen LogP contribution is -2.14. The molecule has 0 amide bonds. The monoisotopic (exact) mass is 268 g/mol. The van der Waals surface area contributed by atoms with E-state index in [1.807, 2.05) is 0 Å². The van der Waals surface area contributed by atoms with Gasteiger partial charge >= 0.3 is 11.2 Å². The molecule has 0 radical (unpaired) electrons. The second-order valence-corrected chi connectivity index (χ2v) is 3.16. The molecule has 0 atom stereocenters. The van der Waals surface area contributed by atoms with Crippen molar-refractivity contribution in [3.8, 4) is 0 Å². The Labute approximate surface area is 84.0 Å². The minimum Gasteiger partial charge on any atom is -0.315 e. The number of nitro groups is 1. The number of hydrogen-bond acceptors (Lipinski definition) is 3. The largest absolute Gasteiger partial charge is 0.347 e. The van der Waals surface area contributed by atoms with E-state index < -0.39 is 28.3 Å². The Morgan fingerprint density at radius 2 is 2.14 bits per heavy atom. The van der Waals surface area contributed by atoms with Gasteiger partial charge in [-0.25, -0.2) is 8.78 Å². The predicted octanol–water partition coefficient (Wildman–Crippen LogP) is 1.98. The van der Waals surface area contributed by atoms with E-state index in [2.05, 4.69) is 15.9 Å². The van der Waals surface area contributed by atoms with Crippen molar-refractivity contribution in [2.75, 3.05) is 0 Å². The zero-order chi connectivity index (χ0) is 10.9. The quantitative estimate of drug-likeness (QED) is 0.658. The summed E-state index contributed by atoms with van der Waals surface area (Å²) < 4.78 is 23.9. The first-order valence-electron chi connectivity index (χ1n) is 3.28. The van der Waals surface area contributed by atoms with Gasteiger partial charge in [-0.1, -0.05) is 0 Å². The Hall–Kier alpha value is -1.31. The minimum atomic E-state index is -2.88. The molecule has 0 unspecified atom stereocenters. The van der Waals surface area contributed by atoms with Crippen molar-refractivity contribution in [1.29, 1.82) is 0 Å². The lowest BCUT2D eigenvalue weighted by atomic mass is 10.3. The fourth-order valence-electron chi connectivity index (χ4n) is 0.827. The van der Waals surface area contributed by atoms with Crippen LogP contribution in [0.2, 0.25) is 0 Å². The molecule has 0 aliphatic rings. The van der Waals surface area contributed by atoms with Gasteiger partial charge in [-0.15, -0.1) is 0 Å². The van der Waals surface area contributed by atoms with E-state index in [9.17, 15) is 23.7 Å². The highest BCUT2D eigenvalue weighted by molar-refractivity contribution is 9.10. The van der Waals surface area contributed by atoms with Gasteiger partial charge in [0.2, 0.25) is 0 Å². The number of rotatable bonds is 2. The maximum absolute atomic E-state index is 12.1. The summed E-state index contributed by atoms with van der Waals surface area (Å²) in [5.41, 5.74) is -2.60. The molecule has 0 spiro atoms. The SMILES string of the molecule is O=c1[nH]c(C(F)F)cc(Br)c1[N+](=O)[O-]. The second kappa shape index (κ2) is 3.82. The Morgan fingerprint density at radius 1 is 1.57 bits per heavy atom. The van der Waals surface area contributed by atoms with Crippen LogP contribution < -0.4 is 5.56 Å². The van der Waals surface area contributed by atoms with Gasteiger partial charge in [-0.2, -0.15) is 0 Å². The maximum Gasteiger partial charge on any atom is 0.347 e. The van der Waals surface area contributed by atoms with E-state index in [1.165, 1.54) is 0 Å². The Balaban J connectivity index is 3.40. The summed E-state index contributed by atoms with van der Waals surface area (Å²) in [6, 6.07) is 0.810. The summed E-state index contributed by atoms with van der Waals surface area (Å²) in [5.74, 6) is 0. The molecule has 1 aromatic rings. The van der Waals surface area contributed by atoms with E-state index in [-0.39, 0.29) is 4.47 Å². The topological polar surface area (TPSA) is 76.0 Å². The average Bonchev–Trinajstić information content (AvgIpc) is 2.01. The Kier molecular flexibility index (Phi) is 2.94. The molecule has 0 aliphatic carbocycles. The molecule has 0 saturated carbocycles. The van der Waals surface area contributed by atoms with Crippen molar-refractivity contribution < 1.29 is 13.7 Å². The Morgan fingerprint density at radius 3 is 2.50 bits per heavy atom. The molecule has 0 aromatic carbocycles. The van der Waals surface area contributed by atoms with Gasteiger partial charge in [0.1, 0.15) is 4.47 Å². The molecule has 1 heterocycles. The maximum atomic E-state index is 12.1. The van der Waals surface area contributed by atoms with Crippen LogP contribution in [0.25, 0.3) is 0 Å². The van der Waals surface area contributed by atoms with Gasteiger partial charge in [0.25, 0.3) is 6.43 Å². The first-order chi connectivity index (χ1) is 6.43. The van der Waals surface area contributed by atoms with Gasteiger partial charge < -0.3 is 4.98 Å². The van der Waals surface area contributed by atoms with Crippen molar-refractivity contribution in [1.82, 2.24) is 4.98 Å². The van der Waals surface area contributed by atoms with Crippen molar-refractivity contribution in [3.63, 3.8) is 0 Å². The fraction of sp³-hybridized carbons (Fsp3) is 0.167. The van der Waals surface area contributed by atoms with E-state index in [0.29, 0.717) is 0 Å². The molecule has 0 aliphatic heterocycles. The summed E-state index contributed by atoms with van der Waals surface area (Å²) in [4.78, 5) is 22.0. The lowest BCUT2D eigenvalue weighted by molar-refractivity contribution is -0.387. The standard InChI is InChI=1S/C6H3BrF2N2O3/c7-2-1-3(5(8)9)10-6(12)4(2)11(13)14/h1,5H,(H,10,12). The molecule has 1 aromatic heterocycles. The van der Waals surface area contributed by atoms with Crippen molar-refractivity contribution in [3.05, 3.63) is 36.7 Å². The summed E-state index contributed by atoms with van der Waals surface area (Å²) >= 11 is 2.67. The normalized spacial score (nSPS) is 10.6.